The molecule has 0 saturated heterocycles. The molecule has 0 saturated carbocycles. The van der Waals surface area contributed by atoms with Crippen LogP contribution in [0.15, 0.2) is 0 Å². The first kappa shape index (κ1) is 14.1. The predicted octanol–water partition coefficient (Wildman–Crippen LogP) is 0.808. The molecule has 5 heteroatoms. The zero-order valence-electron chi connectivity index (χ0n) is 9.58. The van der Waals surface area contributed by atoms with Crippen LogP contribution in [0.3, 0.4) is 0 Å². The average Bonchev–Trinajstić information content (AvgIpc) is 2.14. The Morgan fingerprint density at radius 3 is 2.21 bits per heavy atom. The molecule has 0 rings (SSSR count). The third kappa shape index (κ3) is 6.50. The highest BCUT2D eigenvalue weighted by molar-refractivity contribution is 6.64. The van der Waals surface area contributed by atoms with Gasteiger partial charge in [0.15, 0.2) is 0 Å². The first-order valence-corrected chi connectivity index (χ1v) is 8.00. The summed E-state index contributed by atoms with van der Waals surface area (Å²) in [6.45, 7) is 5.45. The summed E-state index contributed by atoms with van der Waals surface area (Å²) in [4.78, 5) is 0. The quantitative estimate of drug-likeness (QED) is 0.594. The molecule has 0 aromatic carbocycles. The Hall–Kier alpha value is 0.0569. The van der Waals surface area contributed by atoms with E-state index in [1.807, 2.05) is 13.1 Å². The summed E-state index contributed by atoms with van der Waals surface area (Å²) in [7, 11) is -0.221. The molecule has 0 fully saturated rings. The molecule has 0 radical (unpaired) electrons. The Morgan fingerprint density at radius 1 is 1.14 bits per heavy atom. The van der Waals surface area contributed by atoms with E-state index in [1.165, 1.54) is 0 Å². The number of hydrogen-bond donors (Lipinski definition) is 2. The largest absolute Gasteiger partial charge is 0.398 e. The molecule has 0 aliphatic rings. The summed E-state index contributed by atoms with van der Waals surface area (Å²) in [6, 6.07) is 0. The fraction of sp³-hybridized carbons (Fsp3) is 1.00. The second-order valence-corrected chi connectivity index (χ2v) is 7.30. The monoisotopic (exact) mass is 220 g/mol. The van der Waals surface area contributed by atoms with Crippen LogP contribution in [0.25, 0.3) is 0 Å². The van der Waals surface area contributed by atoms with Gasteiger partial charge < -0.3 is 20.3 Å². The Morgan fingerprint density at radius 2 is 1.79 bits per heavy atom. The molecule has 0 amide bonds. The van der Waals surface area contributed by atoms with Gasteiger partial charge in [0.05, 0.1) is 0 Å². The minimum absolute atomic E-state index is 0.213. The Labute approximate surface area is 88.2 Å². The zero-order valence-corrected chi connectivity index (χ0v) is 10.6. The zero-order chi connectivity index (χ0) is 11.0. The van der Waals surface area contributed by atoms with Gasteiger partial charge in [0.1, 0.15) is 0 Å². The minimum Gasteiger partial charge on any atom is -0.398 e. The van der Waals surface area contributed by atoms with Crippen LogP contribution in [-0.2, 0) is 8.85 Å². The van der Waals surface area contributed by atoms with Crippen LogP contribution in [0.5, 0.6) is 0 Å². The number of nitrogens with two attached hydrogens (primary N) is 2. The maximum Gasteiger partial charge on any atom is 0.331 e. The van der Waals surface area contributed by atoms with Crippen molar-refractivity contribution >= 4 is 8.56 Å². The molecule has 0 heterocycles. The van der Waals surface area contributed by atoms with E-state index >= 15 is 0 Å². The van der Waals surface area contributed by atoms with Crippen molar-refractivity contribution in [3.8, 4) is 0 Å². The third-order valence-electron chi connectivity index (χ3n) is 2.16. The van der Waals surface area contributed by atoms with Crippen LogP contribution < -0.4 is 11.5 Å². The van der Waals surface area contributed by atoms with E-state index < -0.39 is 8.56 Å². The van der Waals surface area contributed by atoms with Gasteiger partial charge in [0.25, 0.3) is 0 Å². The molecule has 0 bridgehead atoms. The van der Waals surface area contributed by atoms with Crippen LogP contribution in [0.2, 0.25) is 13.1 Å². The third-order valence-corrected chi connectivity index (χ3v) is 4.05. The first-order chi connectivity index (χ1) is 6.55. The molecular formula is C9H24N2O2Si. The topological polar surface area (TPSA) is 70.5 Å². The van der Waals surface area contributed by atoms with E-state index in [1.54, 1.807) is 7.11 Å². The fourth-order valence-electron chi connectivity index (χ4n) is 1.24. The number of rotatable bonds is 8. The van der Waals surface area contributed by atoms with Crippen molar-refractivity contribution < 1.29 is 8.85 Å². The maximum absolute atomic E-state index is 5.91. The van der Waals surface area contributed by atoms with Crippen LogP contribution >= 0.6 is 0 Å². The molecule has 1 atom stereocenters. The van der Waals surface area contributed by atoms with Gasteiger partial charge in [-0.3, -0.25) is 0 Å². The van der Waals surface area contributed by atoms with Crippen molar-refractivity contribution in [2.75, 3.05) is 20.2 Å². The van der Waals surface area contributed by atoms with Crippen molar-refractivity contribution in [1.29, 1.82) is 0 Å². The Bertz CT molecular complexity index is 145. The van der Waals surface area contributed by atoms with E-state index in [0.717, 1.165) is 19.3 Å². The molecule has 14 heavy (non-hydrogen) atoms. The summed E-state index contributed by atoms with van der Waals surface area (Å²) in [6.07, 6.45) is 3.07. The van der Waals surface area contributed by atoms with Gasteiger partial charge >= 0.3 is 8.56 Å². The molecule has 0 aromatic rings. The summed E-state index contributed by atoms with van der Waals surface area (Å²) < 4.78 is 11.2. The Kier molecular flexibility index (Phi) is 7.39. The van der Waals surface area contributed by atoms with E-state index in [0.29, 0.717) is 13.1 Å². The second-order valence-electron chi connectivity index (χ2n) is 3.85. The Balaban J connectivity index is 3.94. The summed E-state index contributed by atoms with van der Waals surface area (Å²) in [5.41, 5.74) is 11.0. The van der Waals surface area contributed by atoms with Gasteiger partial charge in [0.2, 0.25) is 0 Å². The summed E-state index contributed by atoms with van der Waals surface area (Å²) >= 11 is 0. The molecule has 86 valence electrons. The molecular weight excluding hydrogens is 196 g/mol. The van der Waals surface area contributed by atoms with Crippen LogP contribution in [0.4, 0.5) is 0 Å². The van der Waals surface area contributed by atoms with Gasteiger partial charge in [-0.05, 0) is 45.4 Å². The van der Waals surface area contributed by atoms with E-state index in [4.69, 9.17) is 20.3 Å². The van der Waals surface area contributed by atoms with E-state index in [9.17, 15) is 0 Å². The van der Waals surface area contributed by atoms with Gasteiger partial charge in [0, 0.05) is 13.2 Å². The fourth-order valence-corrected chi connectivity index (χ4v) is 2.38. The van der Waals surface area contributed by atoms with Crippen molar-refractivity contribution in [2.24, 2.45) is 11.5 Å². The SMILES string of the molecule is CO[Si](C)(C)OC(CCN)CCCN. The van der Waals surface area contributed by atoms with Gasteiger partial charge in [-0.15, -0.1) is 0 Å². The standard InChI is InChI=1S/C9H24N2O2Si/c1-12-14(2,3)13-9(6-8-11)5-4-7-10/h9H,4-8,10-11H2,1-3H3. The van der Waals surface area contributed by atoms with E-state index in [-0.39, 0.29) is 6.10 Å². The smallest absolute Gasteiger partial charge is 0.331 e. The normalized spacial score (nSPS) is 14.4. The van der Waals surface area contributed by atoms with Crippen molar-refractivity contribution in [1.82, 2.24) is 0 Å². The molecule has 4 N–H and O–H groups in total. The van der Waals surface area contributed by atoms with Gasteiger partial charge in [-0.2, -0.15) is 0 Å². The van der Waals surface area contributed by atoms with Gasteiger partial charge in [-0.25, -0.2) is 0 Å². The summed E-state index contributed by atoms with van der Waals surface area (Å²) in [5.74, 6) is 0. The first-order valence-electron chi connectivity index (χ1n) is 5.19. The highest BCUT2D eigenvalue weighted by Crippen LogP contribution is 2.14. The highest BCUT2D eigenvalue weighted by atomic mass is 28.4. The predicted molar refractivity (Wildman–Crippen MR) is 61.3 cm³/mol. The van der Waals surface area contributed by atoms with Crippen molar-refractivity contribution in [2.45, 2.75) is 38.5 Å². The lowest BCUT2D eigenvalue weighted by Crippen LogP contribution is -2.38. The van der Waals surface area contributed by atoms with Crippen LogP contribution in [-0.4, -0.2) is 34.9 Å². The lowest BCUT2D eigenvalue weighted by molar-refractivity contribution is 0.123. The number of hydrogen-bond acceptors (Lipinski definition) is 4. The van der Waals surface area contributed by atoms with Crippen LogP contribution in [0, 0.1) is 0 Å². The molecule has 0 aromatic heterocycles. The molecule has 4 nitrogen and oxygen atoms in total. The average molecular weight is 220 g/mol. The summed E-state index contributed by atoms with van der Waals surface area (Å²) in [5, 5.41) is 0. The lowest BCUT2D eigenvalue weighted by atomic mass is 10.1. The lowest BCUT2D eigenvalue weighted by Gasteiger charge is -2.27. The van der Waals surface area contributed by atoms with Crippen LogP contribution in [0.1, 0.15) is 19.3 Å². The van der Waals surface area contributed by atoms with Crippen molar-refractivity contribution in [3.05, 3.63) is 0 Å². The maximum atomic E-state index is 5.91. The molecule has 1 unspecified atom stereocenters. The molecule has 0 spiro atoms. The second kappa shape index (κ2) is 7.36. The van der Waals surface area contributed by atoms with Crippen molar-refractivity contribution in [3.63, 3.8) is 0 Å². The van der Waals surface area contributed by atoms with E-state index in [2.05, 4.69) is 0 Å². The van der Waals surface area contributed by atoms with Gasteiger partial charge in [-0.1, -0.05) is 0 Å². The molecule has 0 aliphatic carbocycles. The minimum atomic E-state index is -1.92. The molecule has 0 aliphatic heterocycles. The highest BCUT2D eigenvalue weighted by Gasteiger charge is 2.26.